The Morgan fingerprint density at radius 1 is 1.19 bits per heavy atom. The molecule has 26 heavy (non-hydrogen) atoms. The van der Waals surface area contributed by atoms with E-state index in [9.17, 15) is 4.79 Å². The van der Waals surface area contributed by atoms with E-state index < -0.39 is 0 Å². The van der Waals surface area contributed by atoms with E-state index in [1.165, 1.54) is 0 Å². The lowest BCUT2D eigenvalue weighted by molar-refractivity contribution is -0.116. The van der Waals surface area contributed by atoms with Gasteiger partial charge in [-0.2, -0.15) is 0 Å². The molecule has 1 amide bonds. The summed E-state index contributed by atoms with van der Waals surface area (Å²) in [7, 11) is 0. The molecule has 1 aromatic heterocycles. The van der Waals surface area contributed by atoms with Gasteiger partial charge in [-0.05, 0) is 48.7 Å². The summed E-state index contributed by atoms with van der Waals surface area (Å²) in [5.74, 6) is 1.18. The second-order valence-electron chi connectivity index (χ2n) is 6.14. The van der Waals surface area contributed by atoms with Crippen LogP contribution in [0.25, 0.3) is 11.3 Å². The number of nitrogens with zero attached hydrogens (tertiary/aromatic N) is 1. The number of oxazole rings is 1. The van der Waals surface area contributed by atoms with Crippen LogP contribution in [0.2, 0.25) is 5.02 Å². The predicted octanol–water partition coefficient (Wildman–Crippen LogP) is 5.44. The Bertz CT molecular complexity index is 901. The molecule has 4 nitrogen and oxygen atoms in total. The number of rotatable bonds is 6. The van der Waals surface area contributed by atoms with Gasteiger partial charge >= 0.3 is 0 Å². The van der Waals surface area contributed by atoms with Crippen molar-refractivity contribution in [2.45, 2.75) is 33.1 Å². The van der Waals surface area contributed by atoms with E-state index in [2.05, 4.69) is 17.2 Å². The largest absolute Gasteiger partial charge is 0.441 e. The molecule has 0 aliphatic carbocycles. The fraction of sp³-hybridized carbons (Fsp3) is 0.238. The Hall–Kier alpha value is -2.59. The van der Waals surface area contributed by atoms with Crippen LogP contribution in [0.3, 0.4) is 0 Å². The zero-order valence-corrected chi connectivity index (χ0v) is 15.6. The molecule has 0 aliphatic rings. The van der Waals surface area contributed by atoms with Gasteiger partial charge in [0.1, 0.15) is 0 Å². The molecule has 0 fully saturated rings. The number of hydrogen-bond donors (Lipinski definition) is 1. The first-order chi connectivity index (χ1) is 12.6. The fourth-order valence-corrected chi connectivity index (χ4v) is 2.92. The first-order valence-corrected chi connectivity index (χ1v) is 9.03. The van der Waals surface area contributed by atoms with E-state index in [4.69, 9.17) is 16.0 Å². The molecule has 0 saturated heterocycles. The van der Waals surface area contributed by atoms with Crippen molar-refractivity contribution in [3.05, 3.63) is 70.7 Å². The summed E-state index contributed by atoms with van der Waals surface area (Å²) in [6.07, 6.45) is 3.32. The Kier molecular flexibility index (Phi) is 5.74. The molecule has 5 heteroatoms. The first-order valence-electron chi connectivity index (χ1n) is 8.65. The minimum absolute atomic E-state index is 0.0414. The van der Waals surface area contributed by atoms with Crippen molar-refractivity contribution >= 4 is 23.2 Å². The summed E-state index contributed by atoms with van der Waals surface area (Å²) in [6.45, 7) is 4.08. The van der Waals surface area contributed by atoms with Crippen molar-refractivity contribution in [2.75, 3.05) is 5.32 Å². The third kappa shape index (κ3) is 4.33. The number of para-hydroxylation sites is 1. The average Bonchev–Trinajstić information content (AvgIpc) is 3.11. The predicted molar refractivity (Wildman–Crippen MR) is 104 cm³/mol. The highest BCUT2D eigenvalue weighted by Crippen LogP contribution is 2.24. The van der Waals surface area contributed by atoms with Gasteiger partial charge in [0.15, 0.2) is 11.7 Å². The van der Waals surface area contributed by atoms with Crippen LogP contribution in [0, 0.1) is 6.92 Å². The van der Waals surface area contributed by atoms with E-state index >= 15 is 0 Å². The summed E-state index contributed by atoms with van der Waals surface area (Å²) in [5.41, 5.74) is 4.03. The highest BCUT2D eigenvalue weighted by Gasteiger charge is 2.11. The third-order valence-electron chi connectivity index (χ3n) is 4.25. The molecule has 3 rings (SSSR count). The van der Waals surface area contributed by atoms with Gasteiger partial charge in [-0.1, -0.05) is 36.7 Å². The van der Waals surface area contributed by atoms with Gasteiger partial charge in [-0.25, -0.2) is 4.98 Å². The summed E-state index contributed by atoms with van der Waals surface area (Å²) in [4.78, 5) is 16.6. The Morgan fingerprint density at radius 3 is 2.69 bits per heavy atom. The quantitative estimate of drug-likeness (QED) is 0.630. The fourth-order valence-electron chi connectivity index (χ4n) is 2.80. The molecular weight excluding hydrogens is 348 g/mol. The van der Waals surface area contributed by atoms with Crippen LogP contribution in [0.4, 0.5) is 5.69 Å². The minimum Gasteiger partial charge on any atom is -0.441 e. The van der Waals surface area contributed by atoms with Gasteiger partial charge in [0.25, 0.3) is 0 Å². The second kappa shape index (κ2) is 8.19. The number of nitrogens with one attached hydrogen (secondary N) is 1. The minimum atomic E-state index is -0.0414. The highest BCUT2D eigenvalue weighted by molar-refractivity contribution is 6.30. The van der Waals surface area contributed by atoms with Crippen LogP contribution in [0.1, 0.15) is 30.4 Å². The van der Waals surface area contributed by atoms with E-state index in [0.29, 0.717) is 29.5 Å². The number of aromatic nitrogens is 1. The van der Waals surface area contributed by atoms with E-state index in [1.54, 1.807) is 18.3 Å². The smallest absolute Gasteiger partial charge is 0.224 e. The first kappa shape index (κ1) is 18.2. The molecule has 0 aliphatic heterocycles. The van der Waals surface area contributed by atoms with Crippen molar-refractivity contribution in [1.29, 1.82) is 0 Å². The maximum absolute atomic E-state index is 12.3. The Morgan fingerprint density at radius 2 is 1.96 bits per heavy atom. The average molecular weight is 369 g/mol. The molecule has 0 atom stereocenters. The van der Waals surface area contributed by atoms with Gasteiger partial charge in [0.2, 0.25) is 5.91 Å². The standard InChI is InChI=1S/C21H21ClN2O2/c1-3-15-6-4-5-14(2)21(15)24-19(25)11-12-20-23-13-18(26-20)16-7-9-17(22)10-8-16/h4-10,13H,3,11-12H2,1-2H3,(H,24,25). The Labute approximate surface area is 158 Å². The van der Waals surface area contributed by atoms with Crippen LogP contribution in [0.5, 0.6) is 0 Å². The maximum Gasteiger partial charge on any atom is 0.224 e. The van der Waals surface area contributed by atoms with Crippen molar-refractivity contribution < 1.29 is 9.21 Å². The number of anilines is 1. The Balaban J connectivity index is 1.61. The van der Waals surface area contributed by atoms with Gasteiger partial charge in [-0.3, -0.25) is 4.79 Å². The summed E-state index contributed by atoms with van der Waals surface area (Å²) in [5, 5.41) is 3.70. The van der Waals surface area contributed by atoms with Crippen molar-refractivity contribution in [2.24, 2.45) is 0 Å². The number of aryl methyl sites for hydroxylation is 3. The topological polar surface area (TPSA) is 55.1 Å². The SMILES string of the molecule is CCc1cccc(C)c1NC(=O)CCc1ncc(-c2ccc(Cl)cc2)o1. The van der Waals surface area contributed by atoms with Crippen molar-refractivity contribution in [3.8, 4) is 11.3 Å². The number of carbonyl (C=O) groups is 1. The van der Waals surface area contributed by atoms with Crippen molar-refractivity contribution in [3.63, 3.8) is 0 Å². The van der Waals surface area contributed by atoms with Gasteiger partial charge < -0.3 is 9.73 Å². The molecule has 0 spiro atoms. The lowest BCUT2D eigenvalue weighted by Gasteiger charge is -2.12. The molecule has 0 bridgehead atoms. The number of halogens is 1. The zero-order valence-electron chi connectivity index (χ0n) is 14.9. The molecule has 134 valence electrons. The zero-order chi connectivity index (χ0) is 18.5. The molecule has 0 saturated carbocycles. The lowest BCUT2D eigenvalue weighted by atomic mass is 10.1. The number of amides is 1. The van der Waals surface area contributed by atoms with Crippen molar-refractivity contribution in [1.82, 2.24) is 4.98 Å². The third-order valence-corrected chi connectivity index (χ3v) is 4.50. The number of carbonyl (C=O) groups excluding carboxylic acids is 1. The second-order valence-corrected chi connectivity index (χ2v) is 6.57. The molecule has 1 N–H and O–H groups in total. The highest BCUT2D eigenvalue weighted by atomic mass is 35.5. The lowest BCUT2D eigenvalue weighted by Crippen LogP contribution is -2.14. The summed E-state index contributed by atoms with van der Waals surface area (Å²) >= 11 is 5.90. The normalized spacial score (nSPS) is 10.7. The maximum atomic E-state index is 12.3. The van der Waals surface area contributed by atoms with Gasteiger partial charge in [0.05, 0.1) is 6.20 Å². The molecular formula is C21H21ClN2O2. The molecule has 1 heterocycles. The van der Waals surface area contributed by atoms with Crippen LogP contribution in [-0.4, -0.2) is 10.9 Å². The molecule has 2 aromatic carbocycles. The molecule has 3 aromatic rings. The van der Waals surface area contributed by atoms with E-state index in [0.717, 1.165) is 28.8 Å². The van der Waals surface area contributed by atoms with Gasteiger partial charge in [-0.15, -0.1) is 0 Å². The molecule has 0 radical (unpaired) electrons. The van der Waals surface area contributed by atoms with Crippen LogP contribution < -0.4 is 5.32 Å². The molecule has 0 unspecified atom stereocenters. The van der Waals surface area contributed by atoms with Crippen LogP contribution in [0.15, 0.2) is 53.1 Å². The number of hydrogen-bond acceptors (Lipinski definition) is 3. The van der Waals surface area contributed by atoms with E-state index in [1.807, 2.05) is 37.3 Å². The summed E-state index contributed by atoms with van der Waals surface area (Å²) < 4.78 is 5.74. The monoisotopic (exact) mass is 368 g/mol. The summed E-state index contributed by atoms with van der Waals surface area (Å²) in [6, 6.07) is 13.4. The van der Waals surface area contributed by atoms with Gasteiger partial charge in [0, 0.05) is 29.1 Å². The number of benzene rings is 2. The van der Waals surface area contributed by atoms with Crippen LogP contribution >= 0.6 is 11.6 Å². The van der Waals surface area contributed by atoms with E-state index in [-0.39, 0.29) is 5.91 Å². The van der Waals surface area contributed by atoms with Crippen LogP contribution in [-0.2, 0) is 17.6 Å².